The summed E-state index contributed by atoms with van der Waals surface area (Å²) in [6.45, 7) is 5.76. The van der Waals surface area contributed by atoms with Crippen molar-refractivity contribution in [1.82, 2.24) is 4.90 Å². The van der Waals surface area contributed by atoms with E-state index in [2.05, 4.69) is 21.2 Å². The van der Waals surface area contributed by atoms with Crippen LogP contribution in [-0.4, -0.2) is 35.4 Å². The number of aryl methyl sites for hydroxylation is 3. The lowest BCUT2D eigenvalue weighted by molar-refractivity contribution is -0.116. The van der Waals surface area contributed by atoms with Crippen LogP contribution in [0.15, 0.2) is 34.8 Å². The number of carbonyl (C=O) groups is 2. The Hall–Kier alpha value is -2.34. The van der Waals surface area contributed by atoms with Crippen molar-refractivity contribution in [3.8, 4) is 5.75 Å². The predicted octanol–water partition coefficient (Wildman–Crippen LogP) is 3.79. The summed E-state index contributed by atoms with van der Waals surface area (Å²) >= 11 is 3.27. The van der Waals surface area contributed by atoms with E-state index in [0.717, 1.165) is 22.4 Å². The molecule has 0 unspecified atom stereocenters. The maximum atomic E-state index is 12.4. The van der Waals surface area contributed by atoms with Crippen LogP contribution in [0.3, 0.4) is 0 Å². The maximum absolute atomic E-state index is 12.4. The van der Waals surface area contributed by atoms with Gasteiger partial charge in [-0.05, 0) is 50.1 Å². The molecule has 0 fully saturated rings. The number of hydrogen-bond acceptors (Lipinski definition) is 3. The lowest BCUT2D eigenvalue weighted by Crippen LogP contribution is -2.35. The summed E-state index contributed by atoms with van der Waals surface area (Å²) < 4.78 is 0.678. The molecule has 25 heavy (non-hydrogen) atoms. The Morgan fingerprint density at radius 1 is 1.12 bits per heavy atom. The maximum Gasteiger partial charge on any atom is 0.257 e. The van der Waals surface area contributed by atoms with Gasteiger partial charge in [0.1, 0.15) is 5.75 Å². The van der Waals surface area contributed by atoms with Gasteiger partial charge in [-0.25, -0.2) is 0 Å². The number of carbonyl (C=O) groups excluding carboxylic acids is 2. The lowest BCUT2D eigenvalue weighted by atomic mass is 10.1. The Labute approximate surface area is 155 Å². The molecule has 0 saturated carbocycles. The number of nitrogens with one attached hydrogen (secondary N) is 1. The van der Waals surface area contributed by atoms with Gasteiger partial charge in [-0.1, -0.05) is 33.6 Å². The molecule has 0 heterocycles. The summed E-state index contributed by atoms with van der Waals surface area (Å²) in [4.78, 5) is 26.0. The van der Waals surface area contributed by atoms with Crippen molar-refractivity contribution in [1.29, 1.82) is 0 Å². The van der Waals surface area contributed by atoms with E-state index in [-0.39, 0.29) is 23.8 Å². The number of phenolic OH excluding ortho intramolecular Hbond substituents is 1. The first kappa shape index (κ1) is 19.0. The van der Waals surface area contributed by atoms with Crippen LogP contribution >= 0.6 is 15.9 Å². The van der Waals surface area contributed by atoms with Crippen molar-refractivity contribution >= 4 is 33.4 Å². The quantitative estimate of drug-likeness (QED) is 0.813. The van der Waals surface area contributed by atoms with E-state index in [0.29, 0.717) is 4.47 Å². The number of benzene rings is 2. The van der Waals surface area contributed by atoms with E-state index in [1.807, 2.05) is 32.9 Å². The molecule has 5 nitrogen and oxygen atoms in total. The molecule has 0 aromatic heterocycles. The summed E-state index contributed by atoms with van der Waals surface area (Å²) in [5, 5.41) is 12.7. The molecule has 2 aromatic rings. The van der Waals surface area contributed by atoms with Crippen LogP contribution < -0.4 is 5.32 Å². The topological polar surface area (TPSA) is 69.6 Å². The van der Waals surface area contributed by atoms with Crippen molar-refractivity contribution in [2.45, 2.75) is 20.8 Å². The number of aromatic hydroxyl groups is 1. The highest BCUT2D eigenvalue weighted by Gasteiger charge is 2.19. The number of nitrogens with zero attached hydrogens (tertiary/aromatic N) is 1. The second-order valence-corrected chi connectivity index (χ2v) is 7.06. The molecular weight excluding hydrogens is 384 g/mol. The van der Waals surface area contributed by atoms with Crippen molar-refractivity contribution in [3.63, 3.8) is 0 Å². The number of likely N-dealkylation sites (N-methyl/N-ethyl adjacent to an activating group) is 1. The molecule has 2 aromatic carbocycles. The Morgan fingerprint density at radius 3 is 2.32 bits per heavy atom. The van der Waals surface area contributed by atoms with Crippen molar-refractivity contribution in [3.05, 3.63) is 57.1 Å². The zero-order valence-corrected chi connectivity index (χ0v) is 16.3. The van der Waals surface area contributed by atoms with Crippen LogP contribution in [0.4, 0.5) is 5.69 Å². The number of amides is 2. The van der Waals surface area contributed by atoms with E-state index in [9.17, 15) is 14.7 Å². The Morgan fingerprint density at radius 2 is 1.72 bits per heavy atom. The fourth-order valence-corrected chi connectivity index (χ4v) is 3.09. The van der Waals surface area contributed by atoms with Crippen LogP contribution in [0, 0.1) is 20.8 Å². The van der Waals surface area contributed by atoms with Crippen molar-refractivity contribution in [2.24, 2.45) is 0 Å². The van der Waals surface area contributed by atoms with E-state index < -0.39 is 5.91 Å². The van der Waals surface area contributed by atoms with Gasteiger partial charge in [-0.3, -0.25) is 9.59 Å². The molecule has 0 radical (unpaired) electrons. The van der Waals surface area contributed by atoms with Crippen LogP contribution in [-0.2, 0) is 4.79 Å². The highest BCUT2D eigenvalue weighted by molar-refractivity contribution is 9.10. The van der Waals surface area contributed by atoms with E-state index in [1.165, 1.54) is 24.1 Å². The molecule has 2 amide bonds. The van der Waals surface area contributed by atoms with E-state index in [1.54, 1.807) is 6.07 Å². The van der Waals surface area contributed by atoms with Gasteiger partial charge in [-0.2, -0.15) is 0 Å². The summed E-state index contributed by atoms with van der Waals surface area (Å²) in [5.41, 5.74) is 3.99. The number of hydrogen-bond donors (Lipinski definition) is 2. The van der Waals surface area contributed by atoms with E-state index in [4.69, 9.17) is 0 Å². The molecule has 0 spiro atoms. The zero-order chi connectivity index (χ0) is 18.7. The minimum absolute atomic E-state index is 0.114. The van der Waals surface area contributed by atoms with Gasteiger partial charge in [0.05, 0.1) is 12.1 Å². The average Bonchev–Trinajstić information content (AvgIpc) is 2.52. The van der Waals surface area contributed by atoms with Crippen LogP contribution in [0.25, 0.3) is 0 Å². The average molecular weight is 405 g/mol. The molecule has 2 N–H and O–H groups in total. The monoisotopic (exact) mass is 404 g/mol. The number of anilines is 1. The van der Waals surface area contributed by atoms with Crippen LogP contribution in [0.2, 0.25) is 0 Å². The normalized spacial score (nSPS) is 10.4. The standard InChI is InChI=1S/C19H21BrN2O3/c1-11-7-12(2)18(13(3)8-11)21-17(24)10-22(4)19(25)15-9-14(20)5-6-16(15)23/h5-9,23H,10H2,1-4H3,(H,21,24). The van der Waals surface area contributed by atoms with Gasteiger partial charge in [0, 0.05) is 17.2 Å². The summed E-state index contributed by atoms with van der Waals surface area (Å²) in [6.07, 6.45) is 0. The Kier molecular flexibility index (Phi) is 5.85. The van der Waals surface area contributed by atoms with Crippen molar-refractivity contribution in [2.75, 3.05) is 18.9 Å². The minimum atomic E-state index is -0.425. The lowest BCUT2D eigenvalue weighted by Gasteiger charge is -2.19. The number of rotatable bonds is 4. The first-order chi connectivity index (χ1) is 11.7. The largest absolute Gasteiger partial charge is 0.507 e. The molecule has 0 aliphatic carbocycles. The first-order valence-electron chi connectivity index (χ1n) is 7.80. The molecule has 0 atom stereocenters. The molecule has 0 aliphatic rings. The second-order valence-electron chi connectivity index (χ2n) is 6.14. The smallest absolute Gasteiger partial charge is 0.257 e. The third-order valence-corrected chi connectivity index (χ3v) is 4.35. The fraction of sp³-hybridized carbons (Fsp3) is 0.263. The molecule has 0 saturated heterocycles. The van der Waals surface area contributed by atoms with Gasteiger partial charge >= 0.3 is 0 Å². The Balaban J connectivity index is 2.10. The third-order valence-electron chi connectivity index (χ3n) is 3.86. The summed E-state index contributed by atoms with van der Waals surface area (Å²) in [6, 6.07) is 8.60. The van der Waals surface area contributed by atoms with Gasteiger partial charge in [-0.15, -0.1) is 0 Å². The summed E-state index contributed by atoms with van der Waals surface area (Å²) in [7, 11) is 1.52. The van der Waals surface area contributed by atoms with Gasteiger partial charge in [0.2, 0.25) is 5.91 Å². The molecule has 132 valence electrons. The molecular formula is C19H21BrN2O3. The Bertz CT molecular complexity index is 810. The molecule has 0 aliphatic heterocycles. The van der Waals surface area contributed by atoms with Crippen LogP contribution in [0.5, 0.6) is 5.75 Å². The molecule has 0 bridgehead atoms. The van der Waals surface area contributed by atoms with Crippen LogP contribution in [0.1, 0.15) is 27.0 Å². The zero-order valence-electron chi connectivity index (χ0n) is 14.7. The van der Waals surface area contributed by atoms with Crippen molar-refractivity contribution < 1.29 is 14.7 Å². The van der Waals surface area contributed by atoms with Gasteiger partial charge in [0.25, 0.3) is 5.91 Å². The third kappa shape index (κ3) is 4.60. The van der Waals surface area contributed by atoms with E-state index >= 15 is 0 Å². The number of halogens is 1. The second kappa shape index (κ2) is 7.70. The number of phenols is 1. The van der Waals surface area contributed by atoms with Gasteiger partial charge in [0.15, 0.2) is 0 Å². The minimum Gasteiger partial charge on any atom is -0.507 e. The SMILES string of the molecule is Cc1cc(C)c(NC(=O)CN(C)C(=O)c2cc(Br)ccc2O)c(C)c1. The predicted molar refractivity (Wildman–Crippen MR) is 102 cm³/mol. The molecule has 6 heteroatoms. The molecule has 2 rings (SSSR count). The van der Waals surface area contributed by atoms with Gasteiger partial charge < -0.3 is 15.3 Å². The highest BCUT2D eigenvalue weighted by atomic mass is 79.9. The highest BCUT2D eigenvalue weighted by Crippen LogP contribution is 2.24. The summed E-state index contributed by atoms with van der Waals surface area (Å²) in [5.74, 6) is -0.836. The first-order valence-corrected chi connectivity index (χ1v) is 8.60. The fourth-order valence-electron chi connectivity index (χ4n) is 2.73.